The average molecular weight is 430 g/mol. The van der Waals surface area contributed by atoms with Gasteiger partial charge in [-0.1, -0.05) is 76.9 Å². The van der Waals surface area contributed by atoms with Gasteiger partial charge in [0, 0.05) is 13.2 Å². The number of unbranched alkanes of at least 4 members (excludes halogenated alkanes) is 12. The van der Waals surface area contributed by atoms with Crippen LogP contribution >= 0.6 is 0 Å². The van der Waals surface area contributed by atoms with Gasteiger partial charge in [0.05, 0.1) is 5.75 Å². The van der Waals surface area contributed by atoms with Crippen molar-refractivity contribution in [2.45, 2.75) is 96.8 Å². The Morgan fingerprint density at radius 1 is 0.821 bits per heavy atom. The van der Waals surface area contributed by atoms with Crippen molar-refractivity contribution < 1.29 is 48.3 Å². The molecule has 28 heavy (non-hydrogen) atoms. The normalized spacial score (nSPS) is 11.8. The minimum Gasteiger partial charge on any atom is -1.00 e. The molecule has 0 heterocycles. The predicted octanol–water partition coefficient (Wildman–Crippen LogP) is 2.42. The van der Waals surface area contributed by atoms with Crippen LogP contribution in [0.2, 0.25) is 0 Å². The van der Waals surface area contributed by atoms with E-state index in [1.807, 2.05) is 0 Å². The number of allylic oxidation sites excluding steroid dienone is 2. The zero-order valence-corrected chi connectivity index (χ0v) is 21.3. The molecule has 0 spiro atoms. The SMILES string of the molecule is CCCCCCCC/C=C\CCCCCCCCOCOS(=O)(=O)CCN.[H-].[Na+]. The van der Waals surface area contributed by atoms with Crippen molar-refractivity contribution in [2.75, 3.05) is 25.7 Å². The fourth-order valence-electron chi connectivity index (χ4n) is 2.82. The Kier molecular flexibility index (Phi) is 26.2. The van der Waals surface area contributed by atoms with E-state index in [2.05, 4.69) is 23.3 Å². The number of hydrogen-bond acceptors (Lipinski definition) is 5. The van der Waals surface area contributed by atoms with Crippen molar-refractivity contribution in [2.24, 2.45) is 5.73 Å². The number of rotatable bonds is 21. The molecule has 0 aromatic heterocycles. The van der Waals surface area contributed by atoms with Crippen LogP contribution < -0.4 is 35.3 Å². The summed E-state index contributed by atoms with van der Waals surface area (Å²) in [6.07, 6.45) is 22.4. The molecule has 0 aliphatic heterocycles. The second kappa shape index (κ2) is 23.8. The van der Waals surface area contributed by atoms with E-state index in [9.17, 15) is 8.42 Å². The Morgan fingerprint density at radius 3 is 1.86 bits per heavy atom. The van der Waals surface area contributed by atoms with E-state index in [1.54, 1.807) is 0 Å². The first-order chi connectivity index (χ1) is 13.1. The summed E-state index contributed by atoms with van der Waals surface area (Å²) >= 11 is 0. The van der Waals surface area contributed by atoms with Crippen LogP contribution in [0.4, 0.5) is 0 Å². The summed E-state index contributed by atoms with van der Waals surface area (Å²) in [5.74, 6) is -0.162. The maximum absolute atomic E-state index is 11.2. The summed E-state index contributed by atoms with van der Waals surface area (Å²) in [6, 6.07) is 0. The maximum atomic E-state index is 11.2. The van der Waals surface area contributed by atoms with E-state index < -0.39 is 10.1 Å². The Balaban J connectivity index is -0.00000338. The van der Waals surface area contributed by atoms with E-state index in [0.29, 0.717) is 6.61 Å². The second-order valence-corrected chi connectivity index (χ2v) is 8.89. The molecule has 0 rings (SSSR count). The van der Waals surface area contributed by atoms with Crippen LogP contribution in [0.1, 0.15) is 98.2 Å². The van der Waals surface area contributed by atoms with E-state index in [1.165, 1.54) is 77.0 Å². The summed E-state index contributed by atoms with van der Waals surface area (Å²) in [6.45, 7) is 2.67. The molecule has 7 heteroatoms. The molecule has 0 saturated carbocycles. The number of ether oxygens (including phenoxy) is 1. The molecule has 164 valence electrons. The van der Waals surface area contributed by atoms with Crippen LogP contribution in [0.15, 0.2) is 12.2 Å². The van der Waals surface area contributed by atoms with Crippen LogP contribution in [0, 0.1) is 0 Å². The molecule has 5 nitrogen and oxygen atoms in total. The molecule has 0 atom stereocenters. The summed E-state index contributed by atoms with van der Waals surface area (Å²) in [4.78, 5) is 0. The topological polar surface area (TPSA) is 78.6 Å². The summed E-state index contributed by atoms with van der Waals surface area (Å²) in [7, 11) is -3.51. The molecule has 0 saturated heterocycles. The zero-order chi connectivity index (χ0) is 20.1. The zero-order valence-electron chi connectivity index (χ0n) is 19.5. The van der Waals surface area contributed by atoms with Crippen molar-refractivity contribution in [1.82, 2.24) is 0 Å². The fourth-order valence-corrected chi connectivity index (χ4v) is 3.44. The molecule has 0 aliphatic carbocycles. The van der Waals surface area contributed by atoms with Gasteiger partial charge in [0.15, 0.2) is 6.79 Å². The molecule has 0 aliphatic rings. The smallest absolute Gasteiger partial charge is 1.00 e. The predicted molar refractivity (Wildman–Crippen MR) is 115 cm³/mol. The quantitative estimate of drug-likeness (QED) is 0.0997. The van der Waals surface area contributed by atoms with Gasteiger partial charge in [0.2, 0.25) is 0 Å². The first kappa shape index (κ1) is 30.8. The van der Waals surface area contributed by atoms with Gasteiger partial charge in [0.1, 0.15) is 0 Å². The first-order valence-corrected chi connectivity index (χ1v) is 12.5. The van der Waals surface area contributed by atoms with Crippen LogP contribution in [0.5, 0.6) is 0 Å². The summed E-state index contributed by atoms with van der Waals surface area (Å²) in [5, 5.41) is 0. The van der Waals surface area contributed by atoms with Gasteiger partial charge >= 0.3 is 29.6 Å². The molecule has 0 amide bonds. The van der Waals surface area contributed by atoms with E-state index in [0.717, 1.165) is 12.8 Å². The van der Waals surface area contributed by atoms with Gasteiger partial charge in [-0.15, -0.1) is 0 Å². The Hall–Kier alpha value is 0.570. The molecular formula is C21H44NNaO4S. The third-order valence-electron chi connectivity index (χ3n) is 4.48. The van der Waals surface area contributed by atoms with E-state index >= 15 is 0 Å². The van der Waals surface area contributed by atoms with Crippen molar-refractivity contribution in [3.8, 4) is 0 Å². The average Bonchev–Trinajstić information content (AvgIpc) is 2.63. The fraction of sp³-hybridized carbons (Fsp3) is 0.905. The Bertz CT molecular complexity index is 436. The van der Waals surface area contributed by atoms with Crippen LogP contribution in [-0.4, -0.2) is 34.1 Å². The van der Waals surface area contributed by atoms with Crippen molar-refractivity contribution >= 4 is 10.1 Å². The summed E-state index contributed by atoms with van der Waals surface area (Å²) in [5.41, 5.74) is 5.19. The minimum absolute atomic E-state index is 0. The van der Waals surface area contributed by atoms with Crippen LogP contribution in [0.3, 0.4) is 0 Å². The van der Waals surface area contributed by atoms with Gasteiger partial charge in [-0.05, 0) is 32.1 Å². The maximum Gasteiger partial charge on any atom is 1.00 e. The van der Waals surface area contributed by atoms with Crippen molar-refractivity contribution in [1.29, 1.82) is 0 Å². The van der Waals surface area contributed by atoms with Crippen LogP contribution in [-0.2, 0) is 19.0 Å². The van der Waals surface area contributed by atoms with E-state index in [4.69, 9.17) is 10.5 Å². The third-order valence-corrected chi connectivity index (χ3v) is 5.67. The van der Waals surface area contributed by atoms with Gasteiger partial charge in [-0.3, -0.25) is 0 Å². The molecule has 0 radical (unpaired) electrons. The molecule has 0 fully saturated rings. The molecule has 0 aromatic rings. The minimum atomic E-state index is -3.51. The van der Waals surface area contributed by atoms with Gasteiger partial charge in [-0.2, -0.15) is 8.42 Å². The van der Waals surface area contributed by atoms with E-state index in [-0.39, 0.29) is 50.1 Å². The third kappa shape index (κ3) is 24.6. The summed E-state index contributed by atoms with van der Waals surface area (Å²) < 4.78 is 32.3. The van der Waals surface area contributed by atoms with Crippen molar-refractivity contribution in [3.05, 3.63) is 12.2 Å². The Labute approximate surface area is 198 Å². The van der Waals surface area contributed by atoms with Crippen molar-refractivity contribution in [3.63, 3.8) is 0 Å². The molecular weight excluding hydrogens is 385 g/mol. The van der Waals surface area contributed by atoms with Gasteiger partial charge < -0.3 is 11.9 Å². The monoisotopic (exact) mass is 429 g/mol. The standard InChI is InChI=1S/C21H43NO4S.Na.H/c1-2-3-4-5-6-7-8-9-10-11-12-13-14-15-16-17-19-25-21-26-27(23,24)20-18-22;;/h9-10H,2-8,11-22H2,1H3;;/q;+1;-1/b10-9-;;. The molecule has 0 unspecified atom stereocenters. The van der Waals surface area contributed by atoms with Gasteiger partial charge in [0.25, 0.3) is 10.1 Å². The largest absolute Gasteiger partial charge is 1.00 e. The Morgan fingerprint density at radius 2 is 1.32 bits per heavy atom. The number of nitrogens with two attached hydrogens (primary N) is 1. The second-order valence-electron chi connectivity index (χ2n) is 7.13. The number of hydrogen-bond donors (Lipinski definition) is 1. The molecule has 0 aromatic carbocycles. The van der Waals surface area contributed by atoms with Gasteiger partial charge in [-0.25, -0.2) is 4.18 Å². The molecule has 2 N–H and O–H groups in total. The molecule has 0 bridgehead atoms. The first-order valence-electron chi connectivity index (χ1n) is 10.9. The van der Waals surface area contributed by atoms with Crippen LogP contribution in [0.25, 0.3) is 0 Å².